The molecule has 0 aliphatic rings. The van der Waals surface area contributed by atoms with Crippen molar-refractivity contribution >= 4 is 17.2 Å². The molecule has 108 valence electrons. The first-order valence-electron chi connectivity index (χ1n) is 6.47. The molecule has 0 aliphatic heterocycles. The summed E-state index contributed by atoms with van der Waals surface area (Å²) in [7, 11) is 1.67. The second-order valence-electron chi connectivity index (χ2n) is 5.58. The van der Waals surface area contributed by atoms with Crippen molar-refractivity contribution in [3.8, 4) is 0 Å². The van der Waals surface area contributed by atoms with Gasteiger partial charge in [-0.2, -0.15) is 0 Å². The van der Waals surface area contributed by atoms with E-state index in [1.807, 2.05) is 17.0 Å². The molecule has 0 amide bonds. The maximum absolute atomic E-state index is 5.17. The number of hydrogen-bond donors (Lipinski definition) is 1. The van der Waals surface area contributed by atoms with Crippen LogP contribution >= 0.6 is 11.3 Å². The summed E-state index contributed by atoms with van der Waals surface area (Å²) >= 11 is 1.59. The first-order chi connectivity index (χ1) is 9.49. The van der Waals surface area contributed by atoms with E-state index in [2.05, 4.69) is 41.0 Å². The Morgan fingerprint density at radius 1 is 1.25 bits per heavy atom. The highest BCUT2D eigenvalue weighted by Gasteiger charge is 2.19. The molecule has 0 fully saturated rings. The molecule has 5 nitrogen and oxygen atoms in total. The van der Waals surface area contributed by atoms with E-state index in [-0.39, 0.29) is 5.41 Å². The fourth-order valence-electron chi connectivity index (χ4n) is 1.65. The van der Waals surface area contributed by atoms with E-state index in [1.165, 1.54) is 0 Å². The van der Waals surface area contributed by atoms with Gasteiger partial charge in [0.15, 0.2) is 0 Å². The van der Waals surface area contributed by atoms with Gasteiger partial charge >= 0.3 is 0 Å². The van der Waals surface area contributed by atoms with E-state index in [0.717, 1.165) is 23.0 Å². The molecule has 0 atom stereocenters. The fraction of sp³-hybridized carbons (Fsp3) is 0.500. The molecule has 0 saturated heterocycles. The summed E-state index contributed by atoms with van der Waals surface area (Å²) in [5, 5.41) is 5.32. The molecular weight excluding hydrogens is 272 g/mol. The van der Waals surface area contributed by atoms with Crippen LogP contribution in [0, 0.1) is 0 Å². The normalized spacial score (nSPS) is 11.6. The average Bonchev–Trinajstić information content (AvgIpc) is 2.88. The molecule has 2 rings (SSSR count). The van der Waals surface area contributed by atoms with Gasteiger partial charge in [-0.1, -0.05) is 20.8 Å². The summed E-state index contributed by atoms with van der Waals surface area (Å²) < 4.78 is 5.17. The van der Waals surface area contributed by atoms with E-state index in [4.69, 9.17) is 4.74 Å². The van der Waals surface area contributed by atoms with Gasteiger partial charge in [0, 0.05) is 24.0 Å². The van der Waals surface area contributed by atoms with Crippen LogP contribution in [0.5, 0.6) is 0 Å². The van der Waals surface area contributed by atoms with Crippen molar-refractivity contribution < 1.29 is 4.74 Å². The Bertz CT molecular complexity index is 549. The van der Waals surface area contributed by atoms with Crippen molar-refractivity contribution in [1.29, 1.82) is 0 Å². The van der Waals surface area contributed by atoms with Crippen molar-refractivity contribution in [2.75, 3.05) is 12.4 Å². The number of hydrogen-bond acceptors (Lipinski definition) is 6. The van der Waals surface area contributed by atoms with Gasteiger partial charge in [0.2, 0.25) is 0 Å². The van der Waals surface area contributed by atoms with Gasteiger partial charge in [-0.25, -0.2) is 15.0 Å². The lowest BCUT2D eigenvalue weighted by Crippen LogP contribution is -2.18. The number of ether oxygens (including phenoxy) is 1. The Hall–Kier alpha value is -1.53. The van der Waals surface area contributed by atoms with Crippen LogP contribution in [0.15, 0.2) is 17.0 Å². The molecule has 0 saturated carbocycles. The first-order valence-corrected chi connectivity index (χ1v) is 7.41. The van der Waals surface area contributed by atoms with Crippen LogP contribution in [0.25, 0.3) is 0 Å². The van der Waals surface area contributed by atoms with Crippen molar-refractivity contribution in [2.24, 2.45) is 0 Å². The zero-order valence-corrected chi connectivity index (χ0v) is 13.1. The Morgan fingerprint density at radius 3 is 2.65 bits per heavy atom. The van der Waals surface area contributed by atoms with Gasteiger partial charge in [-0.15, -0.1) is 11.3 Å². The SMILES string of the molecule is COCc1cc(NCc2cscn2)nc(C(C)(C)C)n1. The van der Waals surface area contributed by atoms with Gasteiger partial charge in [0.1, 0.15) is 11.6 Å². The van der Waals surface area contributed by atoms with E-state index in [1.54, 1.807) is 18.4 Å². The molecule has 0 spiro atoms. The maximum atomic E-state index is 5.17. The summed E-state index contributed by atoms with van der Waals surface area (Å²) in [5.74, 6) is 1.62. The van der Waals surface area contributed by atoms with Crippen LogP contribution in [0.3, 0.4) is 0 Å². The van der Waals surface area contributed by atoms with Crippen LogP contribution in [0.2, 0.25) is 0 Å². The summed E-state index contributed by atoms with van der Waals surface area (Å²) in [5.41, 5.74) is 3.63. The van der Waals surface area contributed by atoms with Crippen LogP contribution in [-0.2, 0) is 23.3 Å². The van der Waals surface area contributed by atoms with E-state index in [0.29, 0.717) is 13.2 Å². The minimum Gasteiger partial charge on any atom is -0.378 e. The van der Waals surface area contributed by atoms with Gasteiger partial charge < -0.3 is 10.1 Å². The molecule has 6 heteroatoms. The molecule has 0 radical (unpaired) electrons. The van der Waals surface area contributed by atoms with Gasteiger partial charge in [0.05, 0.1) is 30.1 Å². The fourth-order valence-corrected chi connectivity index (χ4v) is 2.21. The largest absolute Gasteiger partial charge is 0.378 e. The first kappa shape index (κ1) is 14.9. The zero-order chi connectivity index (χ0) is 14.6. The second-order valence-corrected chi connectivity index (χ2v) is 6.30. The summed E-state index contributed by atoms with van der Waals surface area (Å²) in [6, 6.07) is 1.92. The number of methoxy groups -OCH3 is 1. The molecular formula is C14H20N4OS. The molecule has 2 aromatic heterocycles. The monoisotopic (exact) mass is 292 g/mol. The van der Waals surface area contributed by atoms with Gasteiger partial charge in [0.25, 0.3) is 0 Å². The number of nitrogens with zero attached hydrogens (tertiary/aromatic N) is 3. The summed E-state index contributed by atoms with van der Waals surface area (Å²) in [4.78, 5) is 13.4. The maximum Gasteiger partial charge on any atom is 0.136 e. The van der Waals surface area contributed by atoms with E-state index < -0.39 is 0 Å². The van der Waals surface area contributed by atoms with Crippen molar-refractivity contribution in [3.05, 3.63) is 34.2 Å². The predicted molar refractivity (Wildman–Crippen MR) is 80.9 cm³/mol. The minimum absolute atomic E-state index is 0.0964. The van der Waals surface area contributed by atoms with Crippen LogP contribution < -0.4 is 5.32 Å². The lowest BCUT2D eigenvalue weighted by Gasteiger charge is -2.18. The molecule has 0 bridgehead atoms. The number of thiazole rings is 1. The van der Waals surface area contributed by atoms with E-state index in [9.17, 15) is 0 Å². The number of nitrogens with one attached hydrogen (secondary N) is 1. The van der Waals surface area contributed by atoms with Crippen molar-refractivity contribution in [2.45, 2.75) is 39.3 Å². The highest BCUT2D eigenvalue weighted by molar-refractivity contribution is 7.07. The van der Waals surface area contributed by atoms with Crippen LogP contribution in [-0.4, -0.2) is 22.1 Å². The lowest BCUT2D eigenvalue weighted by atomic mass is 9.95. The number of rotatable bonds is 5. The second kappa shape index (κ2) is 6.28. The average molecular weight is 292 g/mol. The van der Waals surface area contributed by atoms with Gasteiger partial charge in [-0.3, -0.25) is 0 Å². The number of anilines is 1. The Kier molecular flexibility index (Phi) is 4.67. The third-order valence-electron chi connectivity index (χ3n) is 2.68. The topological polar surface area (TPSA) is 59.9 Å². The molecule has 0 unspecified atom stereocenters. The number of aromatic nitrogens is 3. The molecule has 2 heterocycles. The van der Waals surface area contributed by atoms with Crippen molar-refractivity contribution in [3.63, 3.8) is 0 Å². The van der Waals surface area contributed by atoms with E-state index >= 15 is 0 Å². The Morgan fingerprint density at radius 2 is 2.05 bits per heavy atom. The summed E-state index contributed by atoms with van der Waals surface area (Å²) in [6.45, 7) is 7.45. The van der Waals surface area contributed by atoms with Crippen molar-refractivity contribution in [1.82, 2.24) is 15.0 Å². The quantitative estimate of drug-likeness (QED) is 0.918. The Balaban J connectivity index is 2.20. The third kappa shape index (κ3) is 3.98. The predicted octanol–water partition coefficient (Wildman–Crippen LogP) is 2.99. The Labute approximate surface area is 123 Å². The van der Waals surface area contributed by atoms with Crippen LogP contribution in [0.1, 0.15) is 38.0 Å². The molecule has 0 aliphatic carbocycles. The molecule has 0 aromatic carbocycles. The zero-order valence-electron chi connectivity index (χ0n) is 12.3. The molecule has 20 heavy (non-hydrogen) atoms. The van der Waals surface area contributed by atoms with Crippen LogP contribution in [0.4, 0.5) is 5.82 Å². The van der Waals surface area contributed by atoms with Gasteiger partial charge in [-0.05, 0) is 0 Å². The minimum atomic E-state index is -0.0964. The lowest BCUT2D eigenvalue weighted by molar-refractivity contribution is 0.181. The smallest absolute Gasteiger partial charge is 0.136 e. The highest BCUT2D eigenvalue weighted by Crippen LogP contribution is 2.21. The molecule has 2 aromatic rings. The molecule has 1 N–H and O–H groups in total. The third-order valence-corrected chi connectivity index (χ3v) is 3.31. The summed E-state index contributed by atoms with van der Waals surface area (Å²) in [6.07, 6.45) is 0. The standard InChI is InChI=1S/C14H20N4OS/c1-14(2,3)13-17-10(7-19-4)5-12(18-13)15-6-11-8-20-9-16-11/h5,8-9H,6-7H2,1-4H3,(H,15,17,18). The highest BCUT2D eigenvalue weighted by atomic mass is 32.1.